The second-order valence-corrected chi connectivity index (χ2v) is 4.72. The molecule has 0 radical (unpaired) electrons. The number of hydrogen-bond acceptors (Lipinski definition) is 3. The Labute approximate surface area is 123 Å². The first-order valence-electron chi connectivity index (χ1n) is 6.86. The van der Waals surface area contributed by atoms with Crippen molar-refractivity contribution in [2.24, 2.45) is 0 Å². The van der Waals surface area contributed by atoms with Crippen LogP contribution in [0.5, 0.6) is 0 Å². The molecule has 2 amide bonds. The van der Waals surface area contributed by atoms with Gasteiger partial charge in [0, 0.05) is 31.1 Å². The Bertz CT molecular complexity index is 514. The van der Waals surface area contributed by atoms with Gasteiger partial charge in [-0.05, 0) is 31.0 Å². The number of rotatable bonds is 8. The molecule has 21 heavy (non-hydrogen) atoms. The maximum Gasteiger partial charge on any atom is 0.303 e. The van der Waals surface area contributed by atoms with Crippen molar-refractivity contribution in [3.05, 3.63) is 29.8 Å². The molecule has 0 atom stereocenters. The van der Waals surface area contributed by atoms with Gasteiger partial charge in [0.25, 0.3) is 5.91 Å². The fourth-order valence-corrected chi connectivity index (χ4v) is 1.82. The highest BCUT2D eigenvalue weighted by Gasteiger charge is 2.06. The molecule has 0 saturated carbocycles. The number of carbonyl (C=O) groups is 3. The topological polar surface area (TPSA) is 95.5 Å². The van der Waals surface area contributed by atoms with E-state index in [-0.39, 0.29) is 18.2 Å². The highest BCUT2D eigenvalue weighted by atomic mass is 16.4. The van der Waals surface area contributed by atoms with Crippen molar-refractivity contribution in [2.45, 2.75) is 32.6 Å². The highest BCUT2D eigenvalue weighted by molar-refractivity contribution is 5.96. The van der Waals surface area contributed by atoms with Crippen molar-refractivity contribution in [2.75, 3.05) is 11.9 Å². The molecule has 0 spiro atoms. The lowest BCUT2D eigenvalue weighted by atomic mass is 10.1. The van der Waals surface area contributed by atoms with E-state index in [0.29, 0.717) is 24.2 Å². The van der Waals surface area contributed by atoms with E-state index in [4.69, 9.17) is 5.11 Å². The molecule has 1 aromatic carbocycles. The summed E-state index contributed by atoms with van der Waals surface area (Å²) in [5, 5.41) is 13.9. The molecular weight excluding hydrogens is 272 g/mol. The number of aliphatic carboxylic acids is 1. The average molecular weight is 292 g/mol. The van der Waals surface area contributed by atoms with Gasteiger partial charge in [-0.3, -0.25) is 14.4 Å². The zero-order valence-electron chi connectivity index (χ0n) is 12.0. The number of amides is 2. The first-order chi connectivity index (χ1) is 9.99. The average Bonchev–Trinajstić information content (AvgIpc) is 2.41. The number of unbranched alkanes of at least 4 members (excludes halogenated alkanes) is 2. The van der Waals surface area contributed by atoms with Gasteiger partial charge < -0.3 is 15.7 Å². The van der Waals surface area contributed by atoms with Gasteiger partial charge in [-0.2, -0.15) is 0 Å². The largest absolute Gasteiger partial charge is 0.481 e. The molecule has 0 unspecified atom stereocenters. The summed E-state index contributed by atoms with van der Waals surface area (Å²) in [6, 6.07) is 6.70. The lowest BCUT2D eigenvalue weighted by molar-refractivity contribution is -0.137. The van der Waals surface area contributed by atoms with Gasteiger partial charge in [0.15, 0.2) is 0 Å². The lowest BCUT2D eigenvalue weighted by Gasteiger charge is -2.07. The predicted molar refractivity (Wildman–Crippen MR) is 79.2 cm³/mol. The van der Waals surface area contributed by atoms with Gasteiger partial charge in [0.2, 0.25) is 5.91 Å². The highest BCUT2D eigenvalue weighted by Crippen LogP contribution is 2.10. The fourth-order valence-electron chi connectivity index (χ4n) is 1.82. The first kappa shape index (κ1) is 16.7. The van der Waals surface area contributed by atoms with Gasteiger partial charge in [-0.25, -0.2) is 0 Å². The Morgan fingerprint density at radius 1 is 1.14 bits per heavy atom. The van der Waals surface area contributed by atoms with Gasteiger partial charge in [0.1, 0.15) is 0 Å². The minimum absolute atomic E-state index is 0.159. The van der Waals surface area contributed by atoms with Crippen LogP contribution >= 0.6 is 0 Å². The number of nitrogens with one attached hydrogen (secondary N) is 2. The summed E-state index contributed by atoms with van der Waals surface area (Å²) >= 11 is 0. The standard InChI is InChI=1S/C15H20N2O4/c1-11(18)17-13-7-5-6-12(10-13)15(21)16-9-4-2-3-8-14(19)20/h5-7,10H,2-4,8-9H2,1H3,(H,16,21)(H,17,18)(H,19,20). The van der Waals surface area contributed by atoms with Gasteiger partial charge >= 0.3 is 5.97 Å². The van der Waals surface area contributed by atoms with Crippen molar-refractivity contribution >= 4 is 23.5 Å². The second-order valence-electron chi connectivity index (χ2n) is 4.72. The van der Waals surface area contributed by atoms with Crippen LogP contribution in [0.2, 0.25) is 0 Å². The van der Waals surface area contributed by atoms with E-state index in [1.165, 1.54) is 6.92 Å². The minimum Gasteiger partial charge on any atom is -0.481 e. The third kappa shape index (κ3) is 7.10. The van der Waals surface area contributed by atoms with E-state index in [1.807, 2.05) is 0 Å². The quantitative estimate of drug-likeness (QED) is 0.639. The maximum atomic E-state index is 11.9. The monoisotopic (exact) mass is 292 g/mol. The Hall–Kier alpha value is -2.37. The van der Waals surface area contributed by atoms with Crippen LogP contribution in [0.4, 0.5) is 5.69 Å². The molecule has 1 aromatic rings. The molecule has 3 N–H and O–H groups in total. The SMILES string of the molecule is CC(=O)Nc1cccc(C(=O)NCCCCCC(=O)O)c1. The van der Waals surface area contributed by atoms with Crippen LogP contribution in [0.1, 0.15) is 43.0 Å². The smallest absolute Gasteiger partial charge is 0.303 e. The Morgan fingerprint density at radius 2 is 1.90 bits per heavy atom. The molecule has 0 bridgehead atoms. The molecule has 0 aromatic heterocycles. The summed E-state index contributed by atoms with van der Waals surface area (Å²) < 4.78 is 0. The molecule has 6 heteroatoms. The number of carboxylic acid groups (broad SMARTS) is 1. The van der Waals surface area contributed by atoms with Gasteiger partial charge in [-0.1, -0.05) is 12.5 Å². The second kappa shape index (κ2) is 8.73. The third-order valence-electron chi connectivity index (χ3n) is 2.80. The number of carbonyl (C=O) groups excluding carboxylic acids is 2. The van der Waals surface area contributed by atoms with Crippen molar-refractivity contribution in [1.29, 1.82) is 0 Å². The number of carboxylic acids is 1. The first-order valence-corrected chi connectivity index (χ1v) is 6.86. The summed E-state index contributed by atoms with van der Waals surface area (Å²) in [4.78, 5) is 33.2. The zero-order valence-corrected chi connectivity index (χ0v) is 12.0. The molecule has 0 aliphatic heterocycles. The fraction of sp³-hybridized carbons (Fsp3) is 0.400. The third-order valence-corrected chi connectivity index (χ3v) is 2.80. The summed E-state index contributed by atoms with van der Waals surface area (Å²) in [5.74, 6) is -1.19. The molecule has 114 valence electrons. The van der Waals surface area contributed by atoms with E-state index < -0.39 is 5.97 Å². The van der Waals surface area contributed by atoms with Crippen LogP contribution in [-0.2, 0) is 9.59 Å². The van der Waals surface area contributed by atoms with Crippen molar-refractivity contribution < 1.29 is 19.5 Å². The van der Waals surface area contributed by atoms with Crippen LogP contribution in [0, 0.1) is 0 Å². The summed E-state index contributed by atoms with van der Waals surface area (Å²) in [5.41, 5.74) is 1.06. The Balaban J connectivity index is 2.35. The molecule has 0 saturated heterocycles. The molecule has 0 aliphatic rings. The van der Waals surface area contributed by atoms with E-state index in [1.54, 1.807) is 24.3 Å². The van der Waals surface area contributed by atoms with Gasteiger partial charge in [-0.15, -0.1) is 0 Å². The number of hydrogen-bond donors (Lipinski definition) is 3. The molecule has 0 fully saturated rings. The molecule has 0 heterocycles. The van der Waals surface area contributed by atoms with Crippen LogP contribution < -0.4 is 10.6 Å². The van der Waals surface area contributed by atoms with Crippen molar-refractivity contribution in [1.82, 2.24) is 5.32 Å². The molecule has 1 rings (SSSR count). The maximum absolute atomic E-state index is 11.9. The Kier molecular flexibility index (Phi) is 6.94. The van der Waals surface area contributed by atoms with Crippen molar-refractivity contribution in [3.63, 3.8) is 0 Å². The summed E-state index contributed by atoms with van der Waals surface area (Å²) in [6.45, 7) is 1.91. The van der Waals surface area contributed by atoms with Crippen molar-refractivity contribution in [3.8, 4) is 0 Å². The molecular formula is C15H20N2O4. The van der Waals surface area contributed by atoms with E-state index in [9.17, 15) is 14.4 Å². The predicted octanol–water partition coefficient (Wildman–Crippen LogP) is 2.02. The normalized spacial score (nSPS) is 9.95. The van der Waals surface area contributed by atoms with Crippen LogP contribution in [0.25, 0.3) is 0 Å². The molecule has 6 nitrogen and oxygen atoms in total. The van der Waals surface area contributed by atoms with Crippen LogP contribution in [0.15, 0.2) is 24.3 Å². The Morgan fingerprint density at radius 3 is 2.57 bits per heavy atom. The minimum atomic E-state index is -0.797. The van der Waals surface area contributed by atoms with E-state index in [2.05, 4.69) is 10.6 Å². The number of anilines is 1. The van der Waals surface area contributed by atoms with Crippen LogP contribution in [-0.4, -0.2) is 29.4 Å². The molecule has 0 aliphatic carbocycles. The van der Waals surface area contributed by atoms with E-state index in [0.717, 1.165) is 12.8 Å². The lowest BCUT2D eigenvalue weighted by Crippen LogP contribution is -2.24. The van der Waals surface area contributed by atoms with Gasteiger partial charge in [0.05, 0.1) is 0 Å². The summed E-state index contributed by atoms with van der Waals surface area (Å²) in [7, 11) is 0. The number of benzene rings is 1. The zero-order chi connectivity index (χ0) is 15.7. The van der Waals surface area contributed by atoms with Crippen LogP contribution in [0.3, 0.4) is 0 Å². The summed E-state index contributed by atoms with van der Waals surface area (Å²) in [6.07, 6.45) is 2.28. The van der Waals surface area contributed by atoms with E-state index >= 15 is 0 Å².